The van der Waals surface area contributed by atoms with E-state index < -0.39 is 12.1 Å². The van der Waals surface area contributed by atoms with Crippen LogP contribution in [0.5, 0.6) is 0 Å². The van der Waals surface area contributed by atoms with E-state index in [9.17, 15) is 9.59 Å². The average Bonchev–Trinajstić information content (AvgIpc) is 2.57. The number of imide groups is 1. The van der Waals surface area contributed by atoms with Gasteiger partial charge in [-0.25, -0.2) is 4.79 Å². The van der Waals surface area contributed by atoms with Crippen LogP contribution in [-0.4, -0.2) is 11.9 Å². The van der Waals surface area contributed by atoms with E-state index in [2.05, 4.69) is 26.6 Å². The molecule has 2 heterocycles. The third-order valence-corrected chi connectivity index (χ3v) is 4.26. The van der Waals surface area contributed by atoms with Crippen LogP contribution in [0.3, 0.4) is 0 Å². The molecule has 2 N–H and O–H groups in total. The lowest BCUT2D eigenvalue weighted by Crippen LogP contribution is -2.22. The first-order valence-corrected chi connectivity index (χ1v) is 5.63. The zero-order chi connectivity index (χ0) is 10.3. The molecular weight excluding hydrogens is 292 g/mol. The highest BCUT2D eigenvalue weighted by Crippen LogP contribution is 2.35. The molecule has 1 unspecified atom stereocenters. The number of carbonyl (C=O) groups is 2. The van der Waals surface area contributed by atoms with Gasteiger partial charge in [-0.15, -0.1) is 11.3 Å². The molecule has 0 bridgehead atoms. The third kappa shape index (κ3) is 1.65. The maximum absolute atomic E-state index is 11.3. The van der Waals surface area contributed by atoms with Gasteiger partial charge < -0.3 is 5.32 Å². The molecule has 1 saturated heterocycles. The first-order chi connectivity index (χ1) is 6.58. The number of hydrogen-bond acceptors (Lipinski definition) is 3. The van der Waals surface area contributed by atoms with Crippen molar-refractivity contribution in [3.05, 3.63) is 19.8 Å². The molecule has 0 spiro atoms. The van der Waals surface area contributed by atoms with E-state index in [4.69, 9.17) is 11.6 Å². The van der Waals surface area contributed by atoms with Crippen molar-refractivity contribution in [1.29, 1.82) is 0 Å². The minimum Gasteiger partial charge on any atom is -0.321 e. The quantitative estimate of drug-likeness (QED) is 0.779. The Morgan fingerprint density at radius 3 is 2.64 bits per heavy atom. The van der Waals surface area contributed by atoms with Crippen molar-refractivity contribution in [2.24, 2.45) is 0 Å². The molecule has 3 amide bonds. The summed E-state index contributed by atoms with van der Waals surface area (Å²) in [6, 6.07) is 0.639. The lowest BCUT2D eigenvalue weighted by molar-refractivity contribution is -0.120. The summed E-state index contributed by atoms with van der Waals surface area (Å²) in [4.78, 5) is 22.8. The van der Waals surface area contributed by atoms with Crippen LogP contribution in [-0.2, 0) is 4.79 Å². The fraction of sp³-hybridized carbons (Fsp3) is 0.143. The summed E-state index contributed by atoms with van der Waals surface area (Å²) in [6.07, 6.45) is 0. The Morgan fingerprint density at radius 2 is 2.21 bits per heavy atom. The summed E-state index contributed by atoms with van der Waals surface area (Å²) < 4.78 is 1.29. The van der Waals surface area contributed by atoms with E-state index in [1.54, 1.807) is 6.07 Å². The van der Waals surface area contributed by atoms with Gasteiger partial charge >= 0.3 is 6.03 Å². The summed E-state index contributed by atoms with van der Waals surface area (Å²) in [5.41, 5.74) is 0. The van der Waals surface area contributed by atoms with Crippen molar-refractivity contribution >= 4 is 50.8 Å². The van der Waals surface area contributed by atoms with E-state index in [1.165, 1.54) is 11.3 Å². The molecule has 1 aliphatic rings. The van der Waals surface area contributed by atoms with Crippen LogP contribution in [0.1, 0.15) is 10.9 Å². The predicted octanol–water partition coefficient (Wildman–Crippen LogP) is 2.04. The van der Waals surface area contributed by atoms with E-state index >= 15 is 0 Å². The Hall–Kier alpha value is -0.590. The number of urea groups is 1. The Balaban J connectivity index is 2.31. The molecule has 1 atom stereocenters. The first-order valence-electron chi connectivity index (χ1n) is 3.64. The smallest absolute Gasteiger partial charge is 0.321 e. The van der Waals surface area contributed by atoms with Crippen molar-refractivity contribution in [2.75, 3.05) is 0 Å². The fourth-order valence-electron chi connectivity index (χ4n) is 1.12. The van der Waals surface area contributed by atoms with Gasteiger partial charge in [0.2, 0.25) is 0 Å². The molecule has 1 aromatic rings. The van der Waals surface area contributed by atoms with Crippen LogP contribution in [0.4, 0.5) is 4.79 Å². The second-order valence-corrected chi connectivity index (χ2v) is 5.21. The number of amides is 3. The molecule has 1 aromatic heterocycles. The number of thiophene rings is 1. The Bertz CT molecular complexity index is 400. The summed E-state index contributed by atoms with van der Waals surface area (Å²) in [6.45, 7) is 0. The molecule has 1 fully saturated rings. The van der Waals surface area contributed by atoms with E-state index in [0.29, 0.717) is 9.21 Å². The molecule has 7 heteroatoms. The summed E-state index contributed by atoms with van der Waals surface area (Å²) >= 11 is 10.3. The molecule has 74 valence electrons. The van der Waals surface area contributed by atoms with Crippen molar-refractivity contribution < 1.29 is 9.59 Å². The molecule has 14 heavy (non-hydrogen) atoms. The van der Waals surface area contributed by atoms with Crippen LogP contribution >= 0.6 is 38.9 Å². The van der Waals surface area contributed by atoms with Crippen LogP contribution in [0.2, 0.25) is 4.34 Å². The molecule has 4 nitrogen and oxygen atoms in total. The van der Waals surface area contributed by atoms with Crippen LogP contribution in [0.15, 0.2) is 10.5 Å². The summed E-state index contributed by atoms with van der Waals surface area (Å²) in [5, 5.41) is 4.65. The third-order valence-electron chi connectivity index (χ3n) is 1.72. The van der Waals surface area contributed by atoms with Gasteiger partial charge in [-0.05, 0) is 22.0 Å². The molecule has 0 radical (unpaired) electrons. The molecule has 1 aliphatic heterocycles. The first kappa shape index (κ1) is 9.95. The van der Waals surface area contributed by atoms with E-state index in [0.717, 1.165) is 4.47 Å². The zero-order valence-corrected chi connectivity index (χ0v) is 9.79. The number of carbonyl (C=O) groups excluding carboxylic acids is 2. The minimum absolute atomic E-state index is 0.347. The molecule has 0 saturated carbocycles. The largest absolute Gasteiger partial charge is 0.322 e. The zero-order valence-electron chi connectivity index (χ0n) is 6.64. The van der Waals surface area contributed by atoms with Gasteiger partial charge in [0.25, 0.3) is 5.91 Å². The monoisotopic (exact) mass is 294 g/mol. The lowest BCUT2D eigenvalue weighted by atomic mass is 10.2. The minimum atomic E-state index is -0.615. The number of hydrogen-bond donors (Lipinski definition) is 2. The van der Waals surface area contributed by atoms with Gasteiger partial charge in [0.15, 0.2) is 0 Å². The second-order valence-electron chi connectivity index (χ2n) is 2.67. The number of rotatable bonds is 1. The summed E-state index contributed by atoms with van der Waals surface area (Å²) in [5.74, 6) is -0.347. The molecular formula is C7H4BrClN2O2S. The van der Waals surface area contributed by atoms with Gasteiger partial charge in [-0.1, -0.05) is 11.6 Å². The van der Waals surface area contributed by atoms with Gasteiger partial charge in [0.1, 0.15) is 10.4 Å². The van der Waals surface area contributed by atoms with Gasteiger partial charge in [0.05, 0.1) is 0 Å². The molecule has 0 aromatic carbocycles. The number of halogens is 2. The predicted molar refractivity (Wildman–Crippen MR) is 56.4 cm³/mol. The Morgan fingerprint density at radius 1 is 1.50 bits per heavy atom. The SMILES string of the molecule is O=C1NC(=O)C(c2cc(Br)c(Cl)s2)N1. The maximum atomic E-state index is 11.3. The highest BCUT2D eigenvalue weighted by molar-refractivity contribution is 9.10. The highest BCUT2D eigenvalue weighted by atomic mass is 79.9. The Kier molecular flexibility index (Phi) is 2.50. The van der Waals surface area contributed by atoms with Crippen LogP contribution < -0.4 is 10.6 Å². The van der Waals surface area contributed by atoms with Crippen molar-refractivity contribution in [3.63, 3.8) is 0 Å². The van der Waals surface area contributed by atoms with E-state index in [1.807, 2.05) is 0 Å². The van der Waals surface area contributed by atoms with Gasteiger partial charge in [-0.2, -0.15) is 0 Å². The standard InChI is InChI=1S/C7H4BrClN2O2S/c8-2-1-3(14-5(2)9)4-6(12)11-7(13)10-4/h1,4H,(H2,10,11,12,13). The van der Waals surface area contributed by atoms with Gasteiger partial charge in [0, 0.05) is 9.35 Å². The average molecular weight is 296 g/mol. The van der Waals surface area contributed by atoms with Gasteiger partial charge in [-0.3, -0.25) is 10.1 Å². The van der Waals surface area contributed by atoms with Crippen LogP contribution in [0.25, 0.3) is 0 Å². The molecule has 0 aliphatic carbocycles. The lowest BCUT2D eigenvalue weighted by Gasteiger charge is -2.01. The highest BCUT2D eigenvalue weighted by Gasteiger charge is 2.32. The topological polar surface area (TPSA) is 58.2 Å². The van der Waals surface area contributed by atoms with E-state index in [-0.39, 0.29) is 5.91 Å². The van der Waals surface area contributed by atoms with Crippen molar-refractivity contribution in [3.8, 4) is 0 Å². The maximum Gasteiger partial charge on any atom is 0.322 e. The summed E-state index contributed by atoms with van der Waals surface area (Å²) in [7, 11) is 0. The Labute approximate surface area is 96.8 Å². The normalized spacial score (nSPS) is 20.9. The fourth-order valence-corrected chi connectivity index (χ4v) is 2.91. The van der Waals surface area contributed by atoms with Crippen molar-refractivity contribution in [1.82, 2.24) is 10.6 Å². The number of nitrogens with one attached hydrogen (secondary N) is 2. The second kappa shape index (κ2) is 3.52. The molecule has 2 rings (SSSR count). The van der Waals surface area contributed by atoms with Crippen molar-refractivity contribution in [2.45, 2.75) is 6.04 Å². The van der Waals surface area contributed by atoms with Crippen LogP contribution in [0, 0.1) is 0 Å².